The molecule has 9 heteroatoms. The predicted molar refractivity (Wildman–Crippen MR) is 104 cm³/mol. The molecule has 1 aromatic carbocycles. The van der Waals surface area contributed by atoms with Gasteiger partial charge in [0.1, 0.15) is 11.5 Å². The molecular weight excluding hydrogens is 413 g/mol. The molecule has 0 fully saturated rings. The predicted octanol–water partition coefficient (Wildman–Crippen LogP) is 5.49. The Kier molecular flexibility index (Phi) is 5.99. The van der Waals surface area contributed by atoms with Gasteiger partial charge in [0.25, 0.3) is 9.68 Å². The van der Waals surface area contributed by atoms with Crippen molar-refractivity contribution in [3.05, 3.63) is 46.7 Å². The zero-order chi connectivity index (χ0) is 19.6. The lowest BCUT2D eigenvalue weighted by Crippen LogP contribution is -2.02. The van der Waals surface area contributed by atoms with E-state index in [1.165, 1.54) is 0 Å². The van der Waals surface area contributed by atoms with Gasteiger partial charge in [-0.3, -0.25) is 0 Å². The number of alkyl halides is 3. The first-order chi connectivity index (χ1) is 12.7. The Morgan fingerprint density at radius 2 is 1.70 bits per heavy atom. The van der Waals surface area contributed by atoms with Crippen molar-refractivity contribution in [2.24, 2.45) is 0 Å². The normalized spacial score (nSPS) is 11.8. The second-order valence-corrected chi connectivity index (χ2v) is 8.53. The first kappa shape index (κ1) is 20.0. The van der Waals surface area contributed by atoms with Crippen LogP contribution in [0.2, 0.25) is 0 Å². The summed E-state index contributed by atoms with van der Waals surface area (Å²) in [5, 5.41) is 7.76. The summed E-state index contributed by atoms with van der Waals surface area (Å²) in [4.78, 5) is 4.14. The highest BCUT2D eigenvalue weighted by Gasteiger charge is 2.31. The van der Waals surface area contributed by atoms with Crippen molar-refractivity contribution >= 4 is 34.8 Å². The highest BCUT2D eigenvalue weighted by Crippen LogP contribution is 2.38. The van der Waals surface area contributed by atoms with Gasteiger partial charge in [-0.1, -0.05) is 45.1 Å². The summed E-state index contributed by atoms with van der Waals surface area (Å²) >= 11 is 17.3. The molecule has 0 aliphatic rings. The lowest BCUT2D eigenvalue weighted by atomic mass is 10.1. The Morgan fingerprint density at radius 1 is 1.00 bits per heavy atom. The summed E-state index contributed by atoms with van der Waals surface area (Å²) in [5.41, 5.74) is 3.56. The molecule has 0 unspecified atom stereocenters. The van der Waals surface area contributed by atoms with E-state index < -0.39 is 3.79 Å². The molecule has 6 nitrogen and oxygen atoms in total. The number of nitrogens with zero attached hydrogens (tertiary/aromatic N) is 3. The number of halogens is 3. The van der Waals surface area contributed by atoms with Crippen LogP contribution in [0.1, 0.15) is 34.9 Å². The molecule has 0 N–H and O–H groups in total. The molecule has 0 spiro atoms. The van der Waals surface area contributed by atoms with E-state index >= 15 is 0 Å². The van der Waals surface area contributed by atoms with E-state index in [9.17, 15) is 0 Å². The Balaban J connectivity index is 1.66. The van der Waals surface area contributed by atoms with E-state index in [-0.39, 0.29) is 5.89 Å². The smallest absolute Gasteiger partial charge is 0.279 e. The molecule has 2 heterocycles. The third kappa shape index (κ3) is 4.94. The minimum atomic E-state index is -1.75. The van der Waals surface area contributed by atoms with Crippen LogP contribution >= 0.6 is 34.8 Å². The van der Waals surface area contributed by atoms with Crippen LogP contribution in [0.25, 0.3) is 11.4 Å². The van der Waals surface area contributed by atoms with Gasteiger partial charge >= 0.3 is 0 Å². The molecule has 0 saturated heterocycles. The minimum absolute atomic E-state index is 0.0687. The number of rotatable bonds is 6. The van der Waals surface area contributed by atoms with Crippen LogP contribution in [0.4, 0.5) is 0 Å². The third-order valence-corrected chi connectivity index (χ3v) is 4.36. The molecule has 0 aliphatic heterocycles. The van der Waals surface area contributed by atoms with Crippen LogP contribution in [0.3, 0.4) is 0 Å². The van der Waals surface area contributed by atoms with Crippen molar-refractivity contribution in [3.8, 4) is 17.1 Å². The fraction of sp³-hybridized carbons (Fsp3) is 0.389. The van der Waals surface area contributed by atoms with Gasteiger partial charge in [-0.15, -0.1) is 0 Å². The SMILES string of the molecule is Cc1cc(CCCOc2c(C)cc(-c3noc(C(Cl)(Cl)Cl)n3)cc2C)on1. The Morgan fingerprint density at radius 3 is 2.26 bits per heavy atom. The average Bonchev–Trinajstić information content (AvgIpc) is 3.22. The molecule has 0 amide bonds. The van der Waals surface area contributed by atoms with Gasteiger partial charge in [-0.05, 0) is 50.5 Å². The molecule has 0 saturated carbocycles. The molecule has 27 heavy (non-hydrogen) atoms. The highest BCUT2D eigenvalue weighted by molar-refractivity contribution is 6.66. The highest BCUT2D eigenvalue weighted by atomic mass is 35.6. The number of aromatic nitrogens is 3. The lowest BCUT2D eigenvalue weighted by molar-refractivity contribution is 0.296. The van der Waals surface area contributed by atoms with Crippen molar-refractivity contribution in [3.63, 3.8) is 0 Å². The van der Waals surface area contributed by atoms with Crippen LogP contribution in [-0.4, -0.2) is 21.9 Å². The van der Waals surface area contributed by atoms with Gasteiger partial charge < -0.3 is 13.8 Å². The van der Waals surface area contributed by atoms with Gasteiger partial charge in [0, 0.05) is 18.1 Å². The number of ether oxygens (including phenoxy) is 1. The molecule has 3 rings (SSSR count). The second-order valence-electron chi connectivity index (χ2n) is 6.25. The third-order valence-electron chi connectivity index (χ3n) is 3.88. The molecule has 0 radical (unpaired) electrons. The van der Waals surface area contributed by atoms with E-state index in [1.54, 1.807) is 0 Å². The average molecular weight is 431 g/mol. The summed E-state index contributed by atoms with van der Waals surface area (Å²) in [7, 11) is 0. The van der Waals surface area contributed by atoms with E-state index in [4.69, 9.17) is 48.6 Å². The minimum Gasteiger partial charge on any atom is -0.493 e. The Labute approximate surface area is 171 Å². The summed E-state index contributed by atoms with van der Waals surface area (Å²) in [6.07, 6.45) is 1.60. The van der Waals surface area contributed by atoms with E-state index in [1.807, 2.05) is 39.0 Å². The van der Waals surface area contributed by atoms with E-state index in [0.717, 1.165) is 46.7 Å². The molecule has 0 aliphatic carbocycles. The molecular formula is C18H18Cl3N3O3. The first-order valence-corrected chi connectivity index (χ1v) is 9.45. The topological polar surface area (TPSA) is 74.2 Å². The van der Waals surface area contributed by atoms with Gasteiger partial charge in [-0.25, -0.2) is 0 Å². The fourth-order valence-electron chi connectivity index (χ4n) is 2.72. The standard InChI is InChI=1S/C18H18Cl3N3O3/c1-10-7-13(16-22-17(27-24-16)18(19,20)21)8-11(2)15(10)25-6-4-5-14-9-12(3)23-26-14/h7-9H,4-6H2,1-3H3. The maximum Gasteiger partial charge on any atom is 0.279 e. The second kappa shape index (κ2) is 8.09. The van der Waals surface area contributed by atoms with Crippen LogP contribution in [0.15, 0.2) is 27.2 Å². The maximum atomic E-state index is 5.96. The quantitative estimate of drug-likeness (QED) is 0.380. The van der Waals surface area contributed by atoms with E-state index in [2.05, 4.69) is 15.3 Å². The van der Waals surface area contributed by atoms with Crippen LogP contribution in [0, 0.1) is 20.8 Å². The zero-order valence-electron chi connectivity index (χ0n) is 15.1. The molecule has 2 aromatic heterocycles. The number of benzene rings is 1. The molecule has 0 bridgehead atoms. The maximum absolute atomic E-state index is 5.96. The van der Waals surface area contributed by atoms with Crippen molar-refractivity contribution in [2.75, 3.05) is 6.61 Å². The molecule has 0 atom stereocenters. The number of aryl methyl sites for hydroxylation is 4. The van der Waals surface area contributed by atoms with Crippen molar-refractivity contribution < 1.29 is 13.8 Å². The van der Waals surface area contributed by atoms with Crippen LogP contribution < -0.4 is 4.74 Å². The Bertz CT molecular complexity index is 908. The van der Waals surface area contributed by atoms with Crippen molar-refractivity contribution in [2.45, 2.75) is 37.4 Å². The van der Waals surface area contributed by atoms with Gasteiger partial charge in [-0.2, -0.15) is 4.98 Å². The molecule has 144 valence electrons. The number of hydrogen-bond acceptors (Lipinski definition) is 6. The summed E-state index contributed by atoms with van der Waals surface area (Å²) in [6.45, 7) is 6.39. The number of hydrogen-bond donors (Lipinski definition) is 0. The first-order valence-electron chi connectivity index (χ1n) is 8.31. The van der Waals surface area contributed by atoms with E-state index in [0.29, 0.717) is 12.4 Å². The lowest BCUT2D eigenvalue weighted by Gasteiger charge is -2.13. The fourth-order valence-corrected chi connectivity index (χ4v) is 2.95. The largest absolute Gasteiger partial charge is 0.493 e. The van der Waals surface area contributed by atoms with Crippen molar-refractivity contribution in [1.82, 2.24) is 15.3 Å². The van der Waals surface area contributed by atoms with Crippen LogP contribution in [-0.2, 0) is 10.2 Å². The molecule has 3 aromatic rings. The monoisotopic (exact) mass is 429 g/mol. The van der Waals surface area contributed by atoms with Gasteiger partial charge in [0.05, 0.1) is 12.3 Å². The zero-order valence-corrected chi connectivity index (χ0v) is 17.3. The van der Waals surface area contributed by atoms with Gasteiger partial charge in [0.15, 0.2) is 0 Å². The van der Waals surface area contributed by atoms with Crippen molar-refractivity contribution in [1.29, 1.82) is 0 Å². The summed E-state index contributed by atoms with van der Waals surface area (Å²) in [6, 6.07) is 5.76. The summed E-state index contributed by atoms with van der Waals surface area (Å²) < 4.78 is 14.4. The Hall–Kier alpha value is -1.76. The van der Waals surface area contributed by atoms with Gasteiger partial charge in [0.2, 0.25) is 5.82 Å². The van der Waals surface area contributed by atoms with Crippen LogP contribution in [0.5, 0.6) is 5.75 Å². The summed E-state index contributed by atoms with van der Waals surface area (Å²) in [5.74, 6) is 1.98.